The van der Waals surface area contributed by atoms with Crippen LogP contribution >= 0.6 is 32.4 Å². The molecular weight excluding hydrogens is 288 g/mol. The van der Waals surface area contributed by atoms with Gasteiger partial charge in [0, 0.05) is 22.1 Å². The van der Waals surface area contributed by atoms with Crippen LogP contribution in [0.1, 0.15) is 0 Å². The maximum atomic E-state index is 2.31. The van der Waals surface area contributed by atoms with Crippen molar-refractivity contribution in [2.24, 2.45) is 0 Å². The largest absolute Gasteiger partial charge is 0.301 e. The summed E-state index contributed by atoms with van der Waals surface area (Å²) in [6.45, 7) is 0. The van der Waals surface area contributed by atoms with Gasteiger partial charge >= 0.3 is 10.3 Å². The summed E-state index contributed by atoms with van der Waals surface area (Å²) >= 11 is 1.81. The minimum absolute atomic E-state index is 1.30. The molecule has 3 aromatic rings. The third kappa shape index (κ3) is 2.73. The van der Waals surface area contributed by atoms with Crippen molar-refractivity contribution < 1.29 is 0 Å². The van der Waals surface area contributed by atoms with Crippen LogP contribution < -0.4 is 0 Å². The molecule has 0 bridgehead atoms. The Morgan fingerprint density at radius 2 is 1.68 bits per heavy atom. The van der Waals surface area contributed by atoms with Gasteiger partial charge in [-0.1, -0.05) is 36.4 Å². The summed E-state index contributed by atoms with van der Waals surface area (Å²) < 4.78 is 0. The Balaban J connectivity index is 2.02. The Morgan fingerprint density at radius 3 is 2.47 bits per heavy atom. The third-order valence-electron chi connectivity index (χ3n) is 2.91. The number of hydrogen-bond donors (Lipinski definition) is 0. The molecule has 0 radical (unpaired) electrons. The van der Waals surface area contributed by atoms with Gasteiger partial charge in [-0.25, -0.2) is 0 Å². The summed E-state index contributed by atoms with van der Waals surface area (Å²) in [5, 5.41) is 0. The van der Waals surface area contributed by atoms with E-state index in [0.717, 1.165) is 0 Å². The summed E-state index contributed by atoms with van der Waals surface area (Å²) in [7, 11) is 3.70. The molecule has 0 nitrogen and oxygen atoms in total. The molecule has 0 saturated carbocycles. The average molecular weight is 301 g/mol. The van der Waals surface area contributed by atoms with Gasteiger partial charge in [0.15, 0.2) is 10.3 Å². The second kappa shape index (κ2) is 5.87. The van der Waals surface area contributed by atoms with Crippen molar-refractivity contribution in [3.63, 3.8) is 0 Å². The molecule has 0 N–H and O–H groups in total. The van der Waals surface area contributed by atoms with Crippen LogP contribution in [0, 0.1) is 0 Å². The molecule has 0 atom stereocenters. The zero-order valence-electron chi connectivity index (χ0n) is 10.5. The van der Waals surface area contributed by atoms with Gasteiger partial charge in [0.1, 0.15) is 0 Å². The van der Waals surface area contributed by atoms with Gasteiger partial charge in [-0.05, 0) is 24.5 Å². The van der Waals surface area contributed by atoms with Gasteiger partial charge in [-0.3, -0.25) is 0 Å². The Bertz CT molecular complexity index is 671. The van der Waals surface area contributed by atoms with E-state index >= 15 is 0 Å². The zero-order chi connectivity index (χ0) is 13.1. The number of hydrogen-bond acceptors (Lipinski definition) is 2. The highest BCUT2D eigenvalue weighted by Gasteiger charge is 2.18. The maximum Gasteiger partial charge on any atom is 0.301 e. The lowest BCUT2D eigenvalue weighted by Gasteiger charge is -2.01. The van der Waals surface area contributed by atoms with Crippen molar-refractivity contribution in [1.82, 2.24) is 0 Å². The number of benzene rings is 2. The van der Waals surface area contributed by atoms with Crippen LogP contribution in [0.5, 0.6) is 0 Å². The molecule has 0 unspecified atom stereocenters. The van der Waals surface area contributed by atoms with E-state index in [1.54, 1.807) is 11.8 Å². The van der Waals surface area contributed by atoms with Crippen molar-refractivity contribution >= 4 is 32.4 Å². The molecule has 1 aromatic heterocycles. The van der Waals surface area contributed by atoms with Gasteiger partial charge in [-0.15, -0.1) is 11.8 Å². The first-order chi connectivity index (χ1) is 9.38. The summed E-state index contributed by atoms with van der Waals surface area (Å²) in [5.41, 5.74) is 2.65. The van der Waals surface area contributed by atoms with Crippen molar-refractivity contribution in [3.8, 4) is 20.9 Å². The SMILES string of the molecule is CSc1ccccc1-c1cc(-c2ccccc2)[s+]s1. The van der Waals surface area contributed by atoms with E-state index in [1.165, 1.54) is 25.8 Å². The van der Waals surface area contributed by atoms with E-state index in [4.69, 9.17) is 0 Å². The molecule has 2 aromatic carbocycles. The molecule has 0 fully saturated rings. The average Bonchev–Trinajstić information content (AvgIpc) is 2.98. The van der Waals surface area contributed by atoms with Gasteiger partial charge in [0.05, 0.1) is 4.88 Å². The first-order valence-electron chi connectivity index (χ1n) is 6.00. The highest BCUT2D eigenvalue weighted by atomic mass is 32.9. The monoisotopic (exact) mass is 301 g/mol. The molecule has 3 heteroatoms. The highest BCUT2D eigenvalue weighted by Crippen LogP contribution is 2.40. The molecular formula is C16H13S3+. The molecule has 0 saturated heterocycles. The Hall–Kier alpha value is -1.16. The second-order valence-corrected chi connectivity index (χ2v) is 7.17. The summed E-state index contributed by atoms with van der Waals surface area (Å²) in [6, 6.07) is 21.5. The predicted molar refractivity (Wildman–Crippen MR) is 89.3 cm³/mol. The smallest absolute Gasteiger partial charge is 0.129 e. The van der Waals surface area contributed by atoms with Crippen molar-refractivity contribution in [1.29, 1.82) is 0 Å². The van der Waals surface area contributed by atoms with E-state index in [2.05, 4.69) is 66.9 Å². The zero-order valence-corrected chi connectivity index (χ0v) is 12.9. The van der Waals surface area contributed by atoms with Crippen LogP contribution in [0.25, 0.3) is 20.9 Å². The first kappa shape index (κ1) is 12.9. The Kier molecular flexibility index (Phi) is 3.97. The van der Waals surface area contributed by atoms with Crippen LogP contribution in [-0.4, -0.2) is 6.26 Å². The quantitative estimate of drug-likeness (QED) is 0.318. The summed E-state index contributed by atoms with van der Waals surface area (Å²) in [6.07, 6.45) is 2.13. The molecule has 0 amide bonds. The van der Waals surface area contributed by atoms with Gasteiger partial charge in [0.2, 0.25) is 0 Å². The highest BCUT2D eigenvalue weighted by molar-refractivity contribution is 7.98. The third-order valence-corrected chi connectivity index (χ3v) is 6.17. The van der Waals surface area contributed by atoms with Crippen LogP contribution in [-0.2, 0) is 0 Å². The maximum absolute atomic E-state index is 2.31. The van der Waals surface area contributed by atoms with Crippen LogP contribution in [0.4, 0.5) is 0 Å². The molecule has 0 spiro atoms. The van der Waals surface area contributed by atoms with Crippen molar-refractivity contribution in [2.45, 2.75) is 4.90 Å². The molecule has 3 rings (SSSR count). The number of rotatable bonds is 3. The molecule has 19 heavy (non-hydrogen) atoms. The van der Waals surface area contributed by atoms with Gasteiger partial charge < -0.3 is 0 Å². The topological polar surface area (TPSA) is 0 Å². The lowest BCUT2D eigenvalue weighted by Crippen LogP contribution is -1.77. The number of thioether (sulfide) groups is 1. The Labute approximate surface area is 125 Å². The van der Waals surface area contributed by atoms with E-state index in [1.807, 2.05) is 20.7 Å². The van der Waals surface area contributed by atoms with Crippen molar-refractivity contribution in [3.05, 3.63) is 60.7 Å². The first-order valence-corrected chi connectivity index (χ1v) is 9.38. The van der Waals surface area contributed by atoms with Crippen molar-refractivity contribution in [2.75, 3.05) is 6.26 Å². The second-order valence-electron chi connectivity index (χ2n) is 4.11. The summed E-state index contributed by atoms with van der Waals surface area (Å²) in [5.74, 6) is 0. The van der Waals surface area contributed by atoms with E-state index in [0.29, 0.717) is 0 Å². The van der Waals surface area contributed by atoms with Crippen LogP contribution in [0.2, 0.25) is 0 Å². The van der Waals surface area contributed by atoms with E-state index in [9.17, 15) is 0 Å². The van der Waals surface area contributed by atoms with Gasteiger partial charge in [-0.2, -0.15) is 0 Å². The fourth-order valence-corrected chi connectivity index (χ4v) is 5.11. The molecule has 1 heterocycles. The van der Waals surface area contributed by atoms with Gasteiger partial charge in [0.25, 0.3) is 4.88 Å². The molecule has 94 valence electrons. The minimum atomic E-state index is 1.30. The Morgan fingerprint density at radius 1 is 0.947 bits per heavy atom. The lowest BCUT2D eigenvalue weighted by atomic mass is 10.1. The molecule has 0 aliphatic rings. The normalized spacial score (nSPS) is 10.6. The molecule has 0 aliphatic carbocycles. The predicted octanol–water partition coefficient (Wildman–Crippen LogP) is 6.15. The standard InChI is InChI=1S/C16H13S3/c1-17-14-10-6-5-9-13(14)16-11-15(18-19-16)12-7-3-2-4-8-12/h2-11H,1H3/q+1. The summed E-state index contributed by atoms with van der Waals surface area (Å²) in [4.78, 5) is 4.04. The van der Waals surface area contributed by atoms with Crippen LogP contribution in [0.3, 0.4) is 0 Å². The fourth-order valence-electron chi connectivity index (χ4n) is 1.96. The lowest BCUT2D eigenvalue weighted by molar-refractivity contribution is 1.47. The fraction of sp³-hybridized carbons (Fsp3) is 0.0625. The minimum Gasteiger partial charge on any atom is -0.129 e. The van der Waals surface area contributed by atoms with Crippen LogP contribution in [0.15, 0.2) is 65.6 Å². The molecule has 0 aliphatic heterocycles. The van der Waals surface area contributed by atoms with E-state index in [-0.39, 0.29) is 0 Å². The van der Waals surface area contributed by atoms with E-state index < -0.39 is 0 Å².